The number of aryl methyl sites for hydroxylation is 2. The molecule has 5 nitrogen and oxygen atoms in total. The van der Waals surface area contributed by atoms with E-state index in [0.717, 1.165) is 35.7 Å². The van der Waals surface area contributed by atoms with E-state index in [1.54, 1.807) is 4.57 Å². The Hall–Kier alpha value is -2.50. The lowest BCUT2D eigenvalue weighted by atomic mass is 10.1. The second kappa shape index (κ2) is 8.03. The molecule has 5 heteroatoms. The molecule has 27 heavy (non-hydrogen) atoms. The molecular weight excluding hydrogens is 336 g/mol. The summed E-state index contributed by atoms with van der Waals surface area (Å²) in [4.78, 5) is 20.4. The lowest BCUT2D eigenvalue weighted by Crippen LogP contribution is -2.33. The SMILES string of the molecule is Cc1ccc(-n2c([C@H](C)NCCN(C)C)nc3ccccc3c2=O)c(C)c1. The van der Waals surface area contributed by atoms with Crippen LogP contribution in [0.15, 0.2) is 47.3 Å². The highest BCUT2D eigenvalue weighted by Crippen LogP contribution is 2.21. The third-order valence-corrected chi connectivity index (χ3v) is 4.79. The van der Waals surface area contributed by atoms with Crippen LogP contribution in [0.3, 0.4) is 0 Å². The van der Waals surface area contributed by atoms with Crippen LogP contribution in [-0.4, -0.2) is 41.6 Å². The van der Waals surface area contributed by atoms with Gasteiger partial charge in [-0.2, -0.15) is 0 Å². The first-order valence-electron chi connectivity index (χ1n) is 9.36. The van der Waals surface area contributed by atoms with Gasteiger partial charge in [-0.3, -0.25) is 9.36 Å². The van der Waals surface area contributed by atoms with Crippen LogP contribution in [0.4, 0.5) is 0 Å². The topological polar surface area (TPSA) is 50.2 Å². The zero-order valence-electron chi connectivity index (χ0n) is 16.8. The molecule has 0 unspecified atom stereocenters. The van der Waals surface area contributed by atoms with Crippen molar-refractivity contribution in [2.24, 2.45) is 0 Å². The Kier molecular flexibility index (Phi) is 5.73. The molecule has 0 fully saturated rings. The first-order chi connectivity index (χ1) is 12.9. The van der Waals surface area contributed by atoms with Gasteiger partial charge in [-0.1, -0.05) is 29.8 Å². The zero-order chi connectivity index (χ0) is 19.6. The Morgan fingerprint density at radius 3 is 2.59 bits per heavy atom. The Morgan fingerprint density at radius 1 is 1.15 bits per heavy atom. The quantitative estimate of drug-likeness (QED) is 0.730. The van der Waals surface area contributed by atoms with Gasteiger partial charge in [0.05, 0.1) is 22.6 Å². The number of hydrogen-bond donors (Lipinski definition) is 1. The molecule has 0 radical (unpaired) electrons. The molecule has 3 aromatic rings. The number of benzene rings is 2. The van der Waals surface area contributed by atoms with Gasteiger partial charge in [0, 0.05) is 13.1 Å². The van der Waals surface area contributed by atoms with Crippen LogP contribution in [0, 0.1) is 13.8 Å². The highest BCUT2D eigenvalue weighted by Gasteiger charge is 2.18. The minimum atomic E-state index is -0.0528. The number of aromatic nitrogens is 2. The van der Waals surface area contributed by atoms with Gasteiger partial charge in [-0.15, -0.1) is 0 Å². The number of para-hydroxylation sites is 1. The molecule has 0 saturated heterocycles. The molecule has 0 aliphatic heterocycles. The molecule has 0 spiro atoms. The summed E-state index contributed by atoms with van der Waals surface area (Å²) in [6.07, 6.45) is 0. The van der Waals surface area contributed by atoms with E-state index in [1.165, 1.54) is 5.56 Å². The van der Waals surface area contributed by atoms with Crippen LogP contribution in [0.1, 0.15) is 29.9 Å². The van der Waals surface area contributed by atoms with Crippen LogP contribution in [-0.2, 0) is 0 Å². The van der Waals surface area contributed by atoms with Crippen LogP contribution >= 0.6 is 0 Å². The van der Waals surface area contributed by atoms with E-state index >= 15 is 0 Å². The van der Waals surface area contributed by atoms with Gasteiger partial charge in [0.15, 0.2) is 0 Å². The van der Waals surface area contributed by atoms with Crippen LogP contribution < -0.4 is 10.9 Å². The molecule has 3 rings (SSSR count). The highest BCUT2D eigenvalue weighted by molar-refractivity contribution is 5.78. The number of fused-ring (bicyclic) bond motifs is 1. The van der Waals surface area contributed by atoms with Gasteiger partial charge < -0.3 is 10.2 Å². The maximum absolute atomic E-state index is 13.4. The monoisotopic (exact) mass is 364 g/mol. The molecule has 2 aromatic carbocycles. The Balaban J connectivity index is 2.17. The molecule has 0 saturated carbocycles. The van der Waals surface area contributed by atoms with Gasteiger partial charge in [-0.05, 0) is 58.6 Å². The van der Waals surface area contributed by atoms with Crippen molar-refractivity contribution in [1.29, 1.82) is 0 Å². The minimum Gasteiger partial charge on any atom is -0.308 e. The third kappa shape index (κ3) is 4.10. The van der Waals surface area contributed by atoms with Crippen molar-refractivity contribution in [3.05, 3.63) is 69.8 Å². The molecule has 1 atom stereocenters. The summed E-state index contributed by atoms with van der Waals surface area (Å²) in [6, 6.07) is 13.7. The summed E-state index contributed by atoms with van der Waals surface area (Å²) >= 11 is 0. The van der Waals surface area contributed by atoms with Crippen LogP contribution in [0.5, 0.6) is 0 Å². The smallest absolute Gasteiger partial charge is 0.266 e. The van der Waals surface area contributed by atoms with Crippen molar-refractivity contribution >= 4 is 10.9 Å². The minimum absolute atomic E-state index is 0.0242. The van der Waals surface area contributed by atoms with Crippen molar-refractivity contribution in [2.45, 2.75) is 26.8 Å². The van der Waals surface area contributed by atoms with E-state index < -0.39 is 0 Å². The van der Waals surface area contributed by atoms with E-state index in [9.17, 15) is 4.79 Å². The van der Waals surface area contributed by atoms with E-state index in [-0.39, 0.29) is 11.6 Å². The lowest BCUT2D eigenvalue weighted by Gasteiger charge is -2.21. The summed E-state index contributed by atoms with van der Waals surface area (Å²) in [5.41, 5.74) is 3.84. The van der Waals surface area contributed by atoms with Crippen molar-refractivity contribution in [1.82, 2.24) is 19.8 Å². The Morgan fingerprint density at radius 2 is 1.89 bits per heavy atom. The molecule has 142 valence electrons. The molecule has 1 N–H and O–H groups in total. The molecule has 0 aliphatic carbocycles. The van der Waals surface area contributed by atoms with Crippen molar-refractivity contribution in [2.75, 3.05) is 27.2 Å². The molecular formula is C22H28N4O. The maximum atomic E-state index is 13.4. The number of rotatable bonds is 6. The summed E-state index contributed by atoms with van der Waals surface area (Å²) in [5, 5.41) is 4.14. The number of likely N-dealkylation sites (N-methyl/N-ethyl adjacent to an activating group) is 1. The van der Waals surface area contributed by atoms with Crippen LogP contribution in [0.25, 0.3) is 16.6 Å². The first kappa shape index (κ1) is 19.3. The predicted octanol–water partition coefficient (Wildman–Crippen LogP) is 3.21. The second-order valence-corrected chi connectivity index (χ2v) is 7.40. The van der Waals surface area contributed by atoms with Gasteiger partial charge in [0.25, 0.3) is 5.56 Å². The number of nitrogens with one attached hydrogen (secondary N) is 1. The molecule has 0 bridgehead atoms. The fourth-order valence-electron chi connectivity index (χ4n) is 3.33. The van der Waals surface area contributed by atoms with Gasteiger partial charge >= 0.3 is 0 Å². The zero-order valence-corrected chi connectivity index (χ0v) is 16.8. The second-order valence-electron chi connectivity index (χ2n) is 7.40. The van der Waals surface area contributed by atoms with E-state index in [2.05, 4.69) is 30.1 Å². The highest BCUT2D eigenvalue weighted by atomic mass is 16.1. The van der Waals surface area contributed by atoms with Crippen molar-refractivity contribution < 1.29 is 0 Å². The van der Waals surface area contributed by atoms with Gasteiger partial charge in [0.2, 0.25) is 0 Å². The predicted molar refractivity (Wildman–Crippen MR) is 112 cm³/mol. The third-order valence-electron chi connectivity index (χ3n) is 4.79. The molecule has 0 aliphatic rings. The van der Waals surface area contributed by atoms with Gasteiger partial charge in [-0.25, -0.2) is 4.98 Å². The molecule has 0 amide bonds. The largest absolute Gasteiger partial charge is 0.308 e. The average molecular weight is 364 g/mol. The standard InChI is InChI=1S/C22H28N4O/c1-15-10-11-20(16(2)14-15)26-21(17(3)23-12-13-25(4)5)24-19-9-7-6-8-18(19)22(26)27/h6-11,14,17,23H,12-13H2,1-5H3/t17-/m0/s1. The van der Waals surface area contributed by atoms with Crippen molar-refractivity contribution in [3.8, 4) is 5.69 Å². The van der Waals surface area contributed by atoms with Gasteiger partial charge in [0.1, 0.15) is 5.82 Å². The van der Waals surface area contributed by atoms with E-state index in [4.69, 9.17) is 4.98 Å². The Labute approximate surface area is 160 Å². The fraction of sp³-hybridized carbons (Fsp3) is 0.364. The number of hydrogen-bond acceptors (Lipinski definition) is 4. The summed E-state index contributed by atoms with van der Waals surface area (Å²) in [7, 11) is 4.10. The maximum Gasteiger partial charge on any atom is 0.266 e. The molecule has 1 heterocycles. The fourth-order valence-corrected chi connectivity index (χ4v) is 3.33. The van der Waals surface area contributed by atoms with E-state index in [0.29, 0.717) is 5.39 Å². The van der Waals surface area contributed by atoms with Crippen LogP contribution in [0.2, 0.25) is 0 Å². The average Bonchev–Trinajstić information content (AvgIpc) is 2.62. The normalized spacial score (nSPS) is 12.7. The Bertz CT molecular complexity index is 1010. The summed E-state index contributed by atoms with van der Waals surface area (Å²) in [6.45, 7) is 7.91. The molecule has 1 aromatic heterocycles. The summed E-state index contributed by atoms with van der Waals surface area (Å²) < 4.78 is 1.77. The van der Waals surface area contributed by atoms with E-state index in [1.807, 2.05) is 57.4 Å². The lowest BCUT2D eigenvalue weighted by molar-refractivity contribution is 0.385. The van der Waals surface area contributed by atoms with Crippen molar-refractivity contribution in [3.63, 3.8) is 0 Å². The first-order valence-corrected chi connectivity index (χ1v) is 9.36. The summed E-state index contributed by atoms with van der Waals surface area (Å²) in [5.74, 6) is 0.740. The number of nitrogens with zero attached hydrogens (tertiary/aromatic N) is 3.